The lowest BCUT2D eigenvalue weighted by atomic mass is 9.92. The van der Waals surface area contributed by atoms with Gasteiger partial charge in [-0.3, -0.25) is 9.59 Å². The first-order chi connectivity index (χ1) is 15.4. The van der Waals surface area contributed by atoms with Gasteiger partial charge in [0.2, 0.25) is 0 Å². The van der Waals surface area contributed by atoms with Gasteiger partial charge in [0.05, 0.1) is 19.8 Å². The van der Waals surface area contributed by atoms with Crippen molar-refractivity contribution in [1.29, 1.82) is 0 Å². The summed E-state index contributed by atoms with van der Waals surface area (Å²) in [5.41, 5.74) is 5.61. The van der Waals surface area contributed by atoms with Crippen LogP contribution in [0, 0.1) is 12.8 Å². The number of Topliss-reactive ketones (excluding diaryl/α,β-unsaturated/α-hetero) is 2. The van der Waals surface area contributed by atoms with Crippen molar-refractivity contribution in [3.8, 4) is 11.5 Å². The Morgan fingerprint density at radius 2 is 1.82 bits per heavy atom. The summed E-state index contributed by atoms with van der Waals surface area (Å²) in [5, 5.41) is 0. The number of carbonyl (C=O) groups is 2. The number of hydrogen-bond donors (Lipinski definition) is 0. The number of nitrogens with zero attached hydrogens (tertiary/aromatic N) is 1. The van der Waals surface area contributed by atoms with Gasteiger partial charge in [0.1, 0.15) is 0 Å². The van der Waals surface area contributed by atoms with E-state index < -0.39 is 0 Å². The molecular formula is C27H28BrNO4. The minimum absolute atomic E-state index is 0. The van der Waals surface area contributed by atoms with Crippen LogP contribution in [0.5, 0.6) is 11.5 Å². The maximum Gasteiger partial charge on any atom is 0.180 e. The summed E-state index contributed by atoms with van der Waals surface area (Å²) in [5.74, 6) is 1.08. The van der Waals surface area contributed by atoms with Crippen LogP contribution in [-0.4, -0.2) is 25.8 Å². The molecule has 0 N–H and O–H groups in total. The second-order valence-electron chi connectivity index (χ2n) is 8.44. The fourth-order valence-electron chi connectivity index (χ4n) is 4.51. The van der Waals surface area contributed by atoms with E-state index in [0.29, 0.717) is 42.0 Å². The van der Waals surface area contributed by atoms with E-state index in [1.807, 2.05) is 35.2 Å². The van der Waals surface area contributed by atoms with Gasteiger partial charge < -0.3 is 26.5 Å². The topological polar surface area (TPSA) is 56.5 Å². The van der Waals surface area contributed by atoms with Crippen LogP contribution >= 0.6 is 0 Å². The summed E-state index contributed by atoms with van der Waals surface area (Å²) < 4.78 is 12.8. The summed E-state index contributed by atoms with van der Waals surface area (Å²) in [4.78, 5) is 25.5. The predicted octanol–water partition coefficient (Wildman–Crippen LogP) is 1.15. The van der Waals surface area contributed by atoms with Crippen LogP contribution in [0.15, 0.2) is 54.9 Å². The van der Waals surface area contributed by atoms with Crippen molar-refractivity contribution in [2.24, 2.45) is 5.92 Å². The molecule has 33 heavy (non-hydrogen) atoms. The van der Waals surface area contributed by atoms with Gasteiger partial charge in [-0.1, -0.05) is 23.8 Å². The van der Waals surface area contributed by atoms with Crippen molar-refractivity contribution in [2.75, 3.05) is 14.2 Å². The van der Waals surface area contributed by atoms with E-state index in [4.69, 9.17) is 9.47 Å². The summed E-state index contributed by atoms with van der Waals surface area (Å²) in [7, 11) is 3.16. The highest BCUT2D eigenvalue weighted by Crippen LogP contribution is 2.37. The number of aryl methyl sites for hydroxylation is 1. The van der Waals surface area contributed by atoms with Gasteiger partial charge in [0.15, 0.2) is 42.0 Å². The number of pyridine rings is 1. The van der Waals surface area contributed by atoms with E-state index in [1.54, 1.807) is 27.2 Å². The number of carbonyl (C=O) groups excluding carboxylic acids is 2. The zero-order valence-electron chi connectivity index (χ0n) is 19.4. The minimum atomic E-state index is -0.201. The predicted molar refractivity (Wildman–Crippen MR) is 122 cm³/mol. The van der Waals surface area contributed by atoms with Crippen LogP contribution in [-0.2, 0) is 19.4 Å². The first-order valence-corrected chi connectivity index (χ1v) is 10.8. The molecular weight excluding hydrogens is 482 g/mol. The largest absolute Gasteiger partial charge is 1.00 e. The molecule has 1 aromatic heterocycles. The molecule has 6 heteroatoms. The van der Waals surface area contributed by atoms with Gasteiger partial charge >= 0.3 is 0 Å². The maximum atomic E-state index is 13.1. The Labute approximate surface area is 205 Å². The smallest absolute Gasteiger partial charge is 0.180 e. The van der Waals surface area contributed by atoms with Crippen LogP contribution in [0.4, 0.5) is 0 Å². The summed E-state index contributed by atoms with van der Waals surface area (Å²) in [6.45, 7) is 4.34. The van der Waals surface area contributed by atoms with E-state index >= 15 is 0 Å². The van der Waals surface area contributed by atoms with Crippen LogP contribution in [0.3, 0.4) is 0 Å². The first kappa shape index (κ1) is 24.6. The molecule has 0 amide bonds. The van der Waals surface area contributed by atoms with E-state index in [0.717, 1.165) is 11.1 Å². The summed E-state index contributed by atoms with van der Waals surface area (Å²) in [6, 6.07) is 14.0. The minimum Gasteiger partial charge on any atom is -1.00 e. The zero-order valence-corrected chi connectivity index (χ0v) is 20.9. The Morgan fingerprint density at radius 3 is 2.48 bits per heavy atom. The number of aromatic nitrogens is 1. The number of methoxy groups -OCH3 is 2. The van der Waals surface area contributed by atoms with Crippen molar-refractivity contribution in [3.63, 3.8) is 0 Å². The van der Waals surface area contributed by atoms with E-state index in [2.05, 4.69) is 25.1 Å². The monoisotopic (exact) mass is 509 g/mol. The van der Waals surface area contributed by atoms with Gasteiger partial charge in [-0.05, 0) is 56.0 Å². The lowest BCUT2D eigenvalue weighted by Crippen LogP contribution is -3.00. The van der Waals surface area contributed by atoms with Crippen molar-refractivity contribution >= 4 is 11.6 Å². The zero-order chi connectivity index (χ0) is 22.8. The highest BCUT2D eigenvalue weighted by molar-refractivity contribution is 6.03. The highest BCUT2D eigenvalue weighted by atomic mass is 79.9. The number of ether oxygens (including phenoxy) is 2. The Hall–Kier alpha value is -2.99. The third-order valence-corrected chi connectivity index (χ3v) is 6.11. The number of halogens is 1. The molecule has 0 fully saturated rings. The Bertz CT molecular complexity index is 1200. The number of benzene rings is 2. The van der Waals surface area contributed by atoms with Crippen LogP contribution < -0.4 is 31.0 Å². The molecule has 0 aliphatic heterocycles. The molecule has 1 heterocycles. The molecule has 172 valence electrons. The third kappa shape index (κ3) is 5.17. The molecule has 0 saturated carbocycles. The van der Waals surface area contributed by atoms with Crippen LogP contribution in [0.1, 0.15) is 49.9 Å². The Morgan fingerprint density at radius 1 is 1.09 bits per heavy atom. The fraction of sp³-hybridized carbons (Fsp3) is 0.296. The highest BCUT2D eigenvalue weighted by Gasteiger charge is 2.33. The van der Waals surface area contributed by atoms with Crippen molar-refractivity contribution in [1.82, 2.24) is 0 Å². The van der Waals surface area contributed by atoms with Gasteiger partial charge in [-0.15, -0.1) is 0 Å². The molecule has 4 rings (SSSR count). The summed E-state index contributed by atoms with van der Waals surface area (Å²) in [6.07, 6.45) is 5.05. The molecule has 2 aromatic carbocycles. The second kappa shape index (κ2) is 10.3. The molecule has 5 nitrogen and oxygen atoms in total. The fourth-order valence-corrected chi connectivity index (χ4v) is 4.51. The normalized spacial score (nSPS) is 14.4. The van der Waals surface area contributed by atoms with E-state index in [-0.39, 0.29) is 34.5 Å². The maximum absolute atomic E-state index is 13.1. The van der Waals surface area contributed by atoms with E-state index in [9.17, 15) is 9.59 Å². The number of hydrogen-bond acceptors (Lipinski definition) is 4. The average molecular weight is 510 g/mol. The molecule has 1 atom stereocenters. The molecule has 3 aromatic rings. The molecule has 1 aliphatic carbocycles. The SMILES string of the molecule is COc1cc2c(cc1OC)C(=O)C(Cc1cc[n+](Cc3cccc(C)c3)cc1C(C)=O)C2.[Br-]. The molecule has 1 aliphatic rings. The molecule has 0 bridgehead atoms. The standard InChI is InChI=1S/C27H28NO4.BrH/c1-17-6-5-7-19(10-17)15-28-9-8-20(24(16-28)18(2)29)11-22-12-21-13-25(31-3)26(32-4)14-23(21)27(22)30;/h5-10,13-14,16,22H,11-12,15H2,1-4H3;1H/q+1;/p-1. The average Bonchev–Trinajstić information content (AvgIpc) is 3.08. The van der Waals surface area contributed by atoms with Gasteiger partial charge in [0, 0.05) is 23.1 Å². The van der Waals surface area contributed by atoms with Gasteiger partial charge in [-0.25, -0.2) is 4.57 Å². The number of fused-ring (bicyclic) bond motifs is 1. The Balaban J connectivity index is 0.00000306. The lowest BCUT2D eigenvalue weighted by Gasteiger charge is -2.11. The van der Waals surface area contributed by atoms with Crippen molar-refractivity contribution in [2.45, 2.75) is 33.2 Å². The van der Waals surface area contributed by atoms with Crippen LogP contribution in [0.25, 0.3) is 0 Å². The quantitative estimate of drug-likeness (QED) is 0.354. The molecule has 0 saturated heterocycles. The van der Waals surface area contributed by atoms with Crippen molar-refractivity contribution < 1.29 is 40.6 Å². The molecule has 0 spiro atoms. The summed E-state index contributed by atoms with van der Waals surface area (Å²) >= 11 is 0. The van der Waals surface area contributed by atoms with Gasteiger partial charge in [0.25, 0.3) is 0 Å². The molecule has 0 radical (unpaired) electrons. The molecule has 1 unspecified atom stereocenters. The Kier molecular flexibility index (Phi) is 7.69. The third-order valence-electron chi connectivity index (χ3n) is 6.11. The lowest BCUT2D eigenvalue weighted by molar-refractivity contribution is -0.688. The van der Waals surface area contributed by atoms with Crippen molar-refractivity contribution in [3.05, 3.63) is 88.2 Å². The first-order valence-electron chi connectivity index (χ1n) is 10.8. The second-order valence-corrected chi connectivity index (χ2v) is 8.44. The number of ketones is 2. The van der Waals surface area contributed by atoms with Crippen LogP contribution in [0.2, 0.25) is 0 Å². The number of rotatable bonds is 7. The van der Waals surface area contributed by atoms with Gasteiger partial charge in [-0.2, -0.15) is 0 Å². The van der Waals surface area contributed by atoms with E-state index in [1.165, 1.54) is 11.1 Å².